The molecule has 2 nitrogen and oxygen atoms in total. The van der Waals surface area contributed by atoms with Crippen LogP contribution in [0.5, 0.6) is 0 Å². The van der Waals surface area contributed by atoms with Gasteiger partial charge in [0.1, 0.15) is 6.17 Å². The Morgan fingerprint density at radius 3 is 2.30 bits per heavy atom. The summed E-state index contributed by atoms with van der Waals surface area (Å²) in [5.74, 6) is 0. The summed E-state index contributed by atoms with van der Waals surface area (Å²) in [6.45, 7) is 4.00. The van der Waals surface area contributed by atoms with Gasteiger partial charge in [0.05, 0.1) is 19.3 Å². The van der Waals surface area contributed by atoms with Gasteiger partial charge in [-0.15, -0.1) is 0 Å². The van der Waals surface area contributed by atoms with Crippen molar-refractivity contribution < 1.29 is 13.9 Å². The van der Waals surface area contributed by atoms with Gasteiger partial charge in [0.15, 0.2) is 0 Å². The van der Waals surface area contributed by atoms with Crippen LogP contribution in [0.2, 0.25) is 0 Å². The Balaban J connectivity index is 3.12. The molecule has 1 unspecified atom stereocenters. The van der Waals surface area contributed by atoms with Crippen molar-refractivity contribution in [1.82, 2.24) is 0 Å². The molecular weight excluding hydrogens is 135 g/mol. The Morgan fingerprint density at radius 2 is 1.90 bits per heavy atom. The summed E-state index contributed by atoms with van der Waals surface area (Å²) in [7, 11) is 1.47. The molecule has 3 heteroatoms. The van der Waals surface area contributed by atoms with Gasteiger partial charge in [-0.2, -0.15) is 0 Å². The molecule has 0 aliphatic heterocycles. The Hall–Kier alpha value is -0.150. The molecule has 0 aromatic carbocycles. The lowest BCUT2D eigenvalue weighted by molar-refractivity contribution is 0.0103. The predicted octanol–water partition coefficient (Wildman–Crippen LogP) is 1.40. The van der Waals surface area contributed by atoms with Gasteiger partial charge in [-0.1, -0.05) is 0 Å². The fraction of sp³-hybridized carbons (Fsp3) is 1.00. The minimum atomic E-state index is -0.993. The van der Waals surface area contributed by atoms with Crippen LogP contribution in [0.25, 0.3) is 0 Å². The van der Waals surface area contributed by atoms with E-state index in [1.54, 1.807) is 0 Å². The van der Waals surface area contributed by atoms with Crippen LogP contribution in [0.1, 0.15) is 13.8 Å². The average Bonchev–Trinajstić information content (AvgIpc) is 1.85. The van der Waals surface area contributed by atoms with E-state index in [9.17, 15) is 4.39 Å². The molecule has 0 aliphatic rings. The van der Waals surface area contributed by atoms with Gasteiger partial charge in [-0.05, 0) is 13.8 Å². The third kappa shape index (κ3) is 5.98. The Kier molecular flexibility index (Phi) is 5.54. The SMILES string of the molecule is COCC(F)COC(C)C. The maximum absolute atomic E-state index is 12.5. The molecule has 0 radical (unpaired) electrons. The molecule has 0 N–H and O–H groups in total. The largest absolute Gasteiger partial charge is 0.382 e. The lowest BCUT2D eigenvalue weighted by atomic mass is 10.4. The summed E-state index contributed by atoms with van der Waals surface area (Å²) in [4.78, 5) is 0. The minimum Gasteiger partial charge on any atom is -0.382 e. The van der Waals surface area contributed by atoms with Crippen LogP contribution in [0.4, 0.5) is 4.39 Å². The van der Waals surface area contributed by atoms with Gasteiger partial charge >= 0.3 is 0 Å². The van der Waals surface area contributed by atoms with Crippen molar-refractivity contribution in [1.29, 1.82) is 0 Å². The highest BCUT2D eigenvalue weighted by Gasteiger charge is 2.05. The molecule has 62 valence electrons. The molecule has 0 saturated carbocycles. The van der Waals surface area contributed by atoms with Crippen molar-refractivity contribution in [2.75, 3.05) is 20.3 Å². The monoisotopic (exact) mass is 150 g/mol. The van der Waals surface area contributed by atoms with Crippen LogP contribution in [0, 0.1) is 0 Å². The van der Waals surface area contributed by atoms with Gasteiger partial charge < -0.3 is 9.47 Å². The fourth-order valence-electron chi connectivity index (χ4n) is 0.526. The molecule has 0 fully saturated rings. The van der Waals surface area contributed by atoms with E-state index in [0.29, 0.717) is 0 Å². The van der Waals surface area contributed by atoms with Crippen molar-refractivity contribution >= 4 is 0 Å². The summed E-state index contributed by atoms with van der Waals surface area (Å²) in [5, 5.41) is 0. The molecule has 0 aliphatic carbocycles. The number of ether oxygens (including phenoxy) is 2. The maximum atomic E-state index is 12.5. The van der Waals surface area contributed by atoms with E-state index in [0.717, 1.165) is 0 Å². The van der Waals surface area contributed by atoms with Crippen molar-refractivity contribution in [3.05, 3.63) is 0 Å². The van der Waals surface area contributed by atoms with Crippen LogP contribution < -0.4 is 0 Å². The second kappa shape index (κ2) is 5.62. The van der Waals surface area contributed by atoms with Crippen LogP contribution in [-0.4, -0.2) is 32.6 Å². The maximum Gasteiger partial charge on any atom is 0.146 e. The van der Waals surface area contributed by atoms with E-state index >= 15 is 0 Å². The zero-order chi connectivity index (χ0) is 7.98. The third-order valence-electron chi connectivity index (χ3n) is 0.958. The number of hydrogen-bond donors (Lipinski definition) is 0. The molecule has 0 aromatic heterocycles. The first kappa shape index (κ1) is 9.85. The van der Waals surface area contributed by atoms with Crippen LogP contribution >= 0.6 is 0 Å². The Labute approximate surface area is 61.3 Å². The molecule has 10 heavy (non-hydrogen) atoms. The average molecular weight is 150 g/mol. The highest BCUT2D eigenvalue weighted by Crippen LogP contribution is 1.95. The van der Waals surface area contributed by atoms with Gasteiger partial charge in [0.2, 0.25) is 0 Å². The summed E-state index contributed by atoms with van der Waals surface area (Å²) in [6.07, 6.45) is -0.900. The zero-order valence-corrected chi connectivity index (χ0v) is 6.76. The lowest BCUT2D eigenvalue weighted by Crippen LogP contribution is -2.18. The number of rotatable bonds is 5. The third-order valence-corrected chi connectivity index (χ3v) is 0.958. The summed E-state index contributed by atoms with van der Waals surface area (Å²) in [6, 6.07) is 0. The lowest BCUT2D eigenvalue weighted by Gasteiger charge is -2.09. The molecule has 0 aromatic rings. The Morgan fingerprint density at radius 1 is 1.30 bits per heavy atom. The second-order valence-corrected chi connectivity index (χ2v) is 2.43. The minimum absolute atomic E-state index is 0.0927. The van der Waals surface area contributed by atoms with E-state index in [2.05, 4.69) is 4.74 Å². The molecule has 0 amide bonds. The molecule has 0 rings (SSSR count). The predicted molar refractivity (Wildman–Crippen MR) is 37.9 cm³/mol. The molecular formula is C7H15FO2. The summed E-state index contributed by atoms with van der Waals surface area (Å²) < 4.78 is 22.1. The smallest absolute Gasteiger partial charge is 0.146 e. The first-order valence-corrected chi connectivity index (χ1v) is 3.41. The van der Waals surface area contributed by atoms with Crippen molar-refractivity contribution in [3.8, 4) is 0 Å². The number of hydrogen-bond acceptors (Lipinski definition) is 2. The zero-order valence-electron chi connectivity index (χ0n) is 6.76. The normalized spacial score (nSPS) is 14.1. The Bertz CT molecular complexity index is 76.0. The van der Waals surface area contributed by atoms with Gasteiger partial charge in [-0.3, -0.25) is 0 Å². The molecule has 0 saturated heterocycles. The van der Waals surface area contributed by atoms with Gasteiger partial charge in [-0.25, -0.2) is 4.39 Å². The van der Waals surface area contributed by atoms with Crippen LogP contribution in [0.3, 0.4) is 0 Å². The van der Waals surface area contributed by atoms with Crippen molar-refractivity contribution in [2.45, 2.75) is 26.1 Å². The van der Waals surface area contributed by atoms with E-state index in [4.69, 9.17) is 4.74 Å². The van der Waals surface area contributed by atoms with Crippen LogP contribution in [0.15, 0.2) is 0 Å². The number of methoxy groups -OCH3 is 1. The number of halogens is 1. The molecule has 1 atom stereocenters. The van der Waals surface area contributed by atoms with E-state index in [1.807, 2.05) is 13.8 Å². The van der Waals surface area contributed by atoms with E-state index in [1.165, 1.54) is 7.11 Å². The first-order chi connectivity index (χ1) is 4.66. The molecule has 0 bridgehead atoms. The fourth-order valence-corrected chi connectivity index (χ4v) is 0.526. The van der Waals surface area contributed by atoms with Crippen molar-refractivity contribution in [2.24, 2.45) is 0 Å². The highest BCUT2D eigenvalue weighted by atomic mass is 19.1. The molecule has 0 spiro atoms. The highest BCUT2D eigenvalue weighted by molar-refractivity contribution is 4.51. The van der Waals surface area contributed by atoms with E-state index in [-0.39, 0.29) is 19.3 Å². The number of alkyl halides is 1. The second-order valence-electron chi connectivity index (χ2n) is 2.43. The summed E-state index contributed by atoms with van der Waals surface area (Å²) in [5.41, 5.74) is 0. The van der Waals surface area contributed by atoms with E-state index < -0.39 is 6.17 Å². The topological polar surface area (TPSA) is 18.5 Å². The quantitative estimate of drug-likeness (QED) is 0.589. The first-order valence-electron chi connectivity index (χ1n) is 3.41. The standard InChI is InChI=1S/C7H15FO2/c1-6(2)10-5-7(8)4-9-3/h6-7H,4-5H2,1-3H3. The van der Waals surface area contributed by atoms with Gasteiger partial charge in [0.25, 0.3) is 0 Å². The van der Waals surface area contributed by atoms with Crippen LogP contribution in [-0.2, 0) is 9.47 Å². The molecule has 0 heterocycles. The van der Waals surface area contributed by atoms with Crippen molar-refractivity contribution in [3.63, 3.8) is 0 Å². The summed E-state index contributed by atoms with van der Waals surface area (Å²) >= 11 is 0. The van der Waals surface area contributed by atoms with Gasteiger partial charge in [0, 0.05) is 7.11 Å².